The fourth-order valence-electron chi connectivity index (χ4n) is 6.07. The van der Waals surface area contributed by atoms with Gasteiger partial charge in [0.1, 0.15) is 40.5 Å². The van der Waals surface area contributed by atoms with Crippen LogP contribution in [0.1, 0.15) is 70.6 Å². The van der Waals surface area contributed by atoms with Gasteiger partial charge in [0, 0.05) is 46.9 Å². The van der Waals surface area contributed by atoms with Crippen molar-refractivity contribution in [1.29, 1.82) is 0 Å². The van der Waals surface area contributed by atoms with Crippen molar-refractivity contribution >= 4 is 34.1 Å². The fourth-order valence-corrected chi connectivity index (χ4v) is 7.01. The van der Waals surface area contributed by atoms with Gasteiger partial charge in [-0.2, -0.15) is 0 Å². The number of allylic oxidation sites excluding steroid dienone is 1. The minimum atomic E-state index is -0.695. The van der Waals surface area contributed by atoms with Crippen LogP contribution in [0.2, 0.25) is 0 Å². The van der Waals surface area contributed by atoms with E-state index in [-0.39, 0.29) is 29.8 Å². The molecule has 1 saturated carbocycles. The summed E-state index contributed by atoms with van der Waals surface area (Å²) in [5.74, 6) is 1.45. The summed E-state index contributed by atoms with van der Waals surface area (Å²) >= 11 is 1.55. The maximum atomic E-state index is 13.7. The van der Waals surface area contributed by atoms with E-state index in [1.54, 1.807) is 30.3 Å². The van der Waals surface area contributed by atoms with Crippen LogP contribution in [0.3, 0.4) is 0 Å². The molecule has 5 unspecified atom stereocenters. The van der Waals surface area contributed by atoms with Crippen molar-refractivity contribution in [2.24, 2.45) is 5.92 Å². The molecular formula is C36H46N4O5S. The molecular weight excluding hydrogens is 600 g/mol. The number of benzene rings is 1. The van der Waals surface area contributed by atoms with Gasteiger partial charge < -0.3 is 24.4 Å². The summed E-state index contributed by atoms with van der Waals surface area (Å²) in [5.41, 5.74) is 3.01. The van der Waals surface area contributed by atoms with Crippen LogP contribution in [0.25, 0.3) is 21.6 Å². The first kappa shape index (κ1) is 33.6. The lowest BCUT2D eigenvalue weighted by Gasteiger charge is -2.27. The number of likely N-dealkylation sites (tertiary alicyclic amines) is 1. The molecule has 46 heavy (non-hydrogen) atoms. The van der Waals surface area contributed by atoms with Crippen molar-refractivity contribution in [3.05, 3.63) is 60.1 Å². The van der Waals surface area contributed by atoms with Gasteiger partial charge in [-0.25, -0.2) is 9.97 Å². The standard InChI is InChI=1S/C36H46N4O5S/c1-9-11-12-15-44-23(6)35(42)40-19-25(16-29(40)33(41)39-36(7)18-24(36)10-2)45-31-17-27(34-38-28(20-46-34)21(3)4)37-32-22(5)30(43-8)14-13-26(31)32/h9-10,13-14,17,20-21,23-25,29H,1-2,11-12,15-16,18-19H2,3-8H3,(H,39,41). The lowest BCUT2D eigenvalue weighted by molar-refractivity contribution is -0.147. The Morgan fingerprint density at radius 3 is 2.65 bits per heavy atom. The Morgan fingerprint density at radius 2 is 2.00 bits per heavy atom. The van der Waals surface area contributed by atoms with Gasteiger partial charge in [0.2, 0.25) is 5.91 Å². The molecule has 1 saturated heterocycles. The summed E-state index contributed by atoms with van der Waals surface area (Å²) < 4.78 is 18.2. The lowest BCUT2D eigenvalue weighted by Crippen LogP contribution is -2.51. The Labute approximate surface area is 276 Å². The predicted molar refractivity (Wildman–Crippen MR) is 182 cm³/mol. The Hall–Kier alpha value is -3.76. The van der Waals surface area contributed by atoms with Gasteiger partial charge >= 0.3 is 0 Å². The van der Waals surface area contributed by atoms with Crippen molar-refractivity contribution in [3.63, 3.8) is 0 Å². The number of aromatic nitrogens is 2. The number of methoxy groups -OCH3 is 1. The summed E-state index contributed by atoms with van der Waals surface area (Å²) in [7, 11) is 1.64. The molecule has 0 bridgehead atoms. The summed E-state index contributed by atoms with van der Waals surface area (Å²) in [6, 6.07) is 5.08. The molecule has 5 rings (SSSR count). The number of amides is 2. The van der Waals surface area contributed by atoms with E-state index in [1.807, 2.05) is 44.2 Å². The van der Waals surface area contributed by atoms with Crippen LogP contribution in [0.4, 0.5) is 0 Å². The minimum absolute atomic E-state index is 0.185. The first-order valence-electron chi connectivity index (χ1n) is 16.1. The average Bonchev–Trinajstić information content (AvgIpc) is 3.35. The zero-order valence-corrected chi connectivity index (χ0v) is 28.6. The van der Waals surface area contributed by atoms with Crippen LogP contribution in [-0.2, 0) is 14.3 Å². The van der Waals surface area contributed by atoms with Gasteiger partial charge in [-0.05, 0) is 58.1 Å². The van der Waals surface area contributed by atoms with E-state index in [2.05, 4.69) is 37.7 Å². The fraction of sp³-hybridized carbons (Fsp3) is 0.500. The number of hydrogen-bond donors (Lipinski definition) is 1. The van der Waals surface area contributed by atoms with Gasteiger partial charge in [0.25, 0.3) is 5.91 Å². The average molecular weight is 647 g/mol. The number of thiazole rings is 1. The molecule has 2 aromatic heterocycles. The Morgan fingerprint density at radius 1 is 1.22 bits per heavy atom. The molecule has 1 aromatic carbocycles. The molecule has 2 amide bonds. The molecule has 2 fully saturated rings. The SMILES string of the molecule is C=CCCCOC(C)C(=O)N1CC(Oc2cc(-c3nc(C(C)C)cs3)nc3c(C)c(OC)ccc23)CC1C(=O)NC1(C)CC1C=C. The maximum absolute atomic E-state index is 13.7. The van der Waals surface area contributed by atoms with Crippen LogP contribution in [0.15, 0.2) is 48.9 Å². The Bertz CT molecular complexity index is 1620. The van der Waals surface area contributed by atoms with E-state index in [1.165, 1.54) is 0 Å². The van der Waals surface area contributed by atoms with Crippen molar-refractivity contribution in [3.8, 4) is 22.2 Å². The second kappa shape index (κ2) is 13.9. The van der Waals surface area contributed by atoms with Gasteiger partial charge in [-0.3, -0.25) is 9.59 Å². The smallest absolute Gasteiger partial charge is 0.252 e. The Kier molecular flexibility index (Phi) is 10.2. The van der Waals surface area contributed by atoms with Crippen LogP contribution in [0.5, 0.6) is 11.5 Å². The summed E-state index contributed by atoms with van der Waals surface area (Å²) in [5, 5.41) is 6.88. The number of hydrogen-bond acceptors (Lipinski definition) is 8. The molecule has 5 atom stereocenters. The zero-order valence-electron chi connectivity index (χ0n) is 27.8. The highest BCUT2D eigenvalue weighted by atomic mass is 32.1. The maximum Gasteiger partial charge on any atom is 0.252 e. The number of rotatable bonds is 14. The Balaban J connectivity index is 1.46. The van der Waals surface area contributed by atoms with Crippen molar-refractivity contribution < 1.29 is 23.8 Å². The first-order chi connectivity index (χ1) is 22.0. The van der Waals surface area contributed by atoms with E-state index in [0.29, 0.717) is 30.4 Å². The van der Waals surface area contributed by atoms with Crippen molar-refractivity contribution in [1.82, 2.24) is 20.2 Å². The molecule has 1 N–H and O–H groups in total. The number of aryl methyl sites for hydroxylation is 1. The molecule has 0 radical (unpaired) electrons. The number of nitrogens with one attached hydrogen (secondary N) is 1. The summed E-state index contributed by atoms with van der Waals surface area (Å²) in [4.78, 5) is 39.0. The van der Waals surface area contributed by atoms with E-state index in [4.69, 9.17) is 24.2 Å². The first-order valence-corrected chi connectivity index (χ1v) is 17.0. The molecule has 1 aliphatic carbocycles. The molecule has 1 aliphatic heterocycles. The number of carbonyl (C=O) groups excluding carboxylic acids is 2. The van der Waals surface area contributed by atoms with Gasteiger partial charge in [-0.15, -0.1) is 24.5 Å². The monoisotopic (exact) mass is 646 g/mol. The van der Waals surface area contributed by atoms with Crippen LogP contribution >= 0.6 is 11.3 Å². The van der Waals surface area contributed by atoms with E-state index in [9.17, 15) is 9.59 Å². The van der Waals surface area contributed by atoms with E-state index >= 15 is 0 Å². The second-order valence-corrected chi connectivity index (χ2v) is 13.8. The molecule has 0 spiro atoms. The second-order valence-electron chi connectivity index (χ2n) is 12.9. The normalized spacial score (nSPS) is 22.9. The highest BCUT2D eigenvalue weighted by Crippen LogP contribution is 2.44. The number of nitrogens with zero attached hydrogens (tertiary/aromatic N) is 3. The summed E-state index contributed by atoms with van der Waals surface area (Å²) in [6.07, 6.45) is 5.33. The number of fused-ring (bicyclic) bond motifs is 1. The molecule has 246 valence electrons. The van der Waals surface area contributed by atoms with E-state index < -0.39 is 18.2 Å². The molecule has 3 aromatic rings. The van der Waals surface area contributed by atoms with Crippen LogP contribution < -0.4 is 14.8 Å². The number of ether oxygens (including phenoxy) is 3. The zero-order chi connectivity index (χ0) is 33.2. The third-order valence-corrected chi connectivity index (χ3v) is 9.99. The quantitative estimate of drug-likeness (QED) is 0.156. The van der Waals surface area contributed by atoms with Crippen LogP contribution in [-0.4, -0.2) is 70.7 Å². The third kappa shape index (κ3) is 6.98. The largest absolute Gasteiger partial charge is 0.496 e. The van der Waals surface area contributed by atoms with Crippen LogP contribution in [0, 0.1) is 12.8 Å². The highest BCUT2D eigenvalue weighted by Gasteiger charge is 2.51. The predicted octanol–water partition coefficient (Wildman–Crippen LogP) is 6.60. The van der Waals surface area contributed by atoms with Crippen molar-refractivity contribution in [2.45, 2.75) is 90.0 Å². The third-order valence-electron chi connectivity index (χ3n) is 9.11. The topological polar surface area (TPSA) is 103 Å². The number of pyridine rings is 1. The molecule has 3 heterocycles. The minimum Gasteiger partial charge on any atom is -0.496 e. The summed E-state index contributed by atoms with van der Waals surface area (Å²) in [6.45, 7) is 18.3. The van der Waals surface area contributed by atoms with E-state index in [0.717, 1.165) is 52.2 Å². The van der Waals surface area contributed by atoms with Gasteiger partial charge in [0.15, 0.2) is 0 Å². The van der Waals surface area contributed by atoms with Gasteiger partial charge in [-0.1, -0.05) is 26.0 Å². The number of carbonyl (C=O) groups is 2. The van der Waals surface area contributed by atoms with Crippen molar-refractivity contribution in [2.75, 3.05) is 20.3 Å². The highest BCUT2D eigenvalue weighted by molar-refractivity contribution is 7.13. The van der Waals surface area contributed by atoms with Gasteiger partial charge in [0.05, 0.1) is 24.9 Å². The number of unbranched alkanes of at least 4 members (excludes halogenated alkanes) is 1. The molecule has 2 aliphatic rings. The lowest BCUT2D eigenvalue weighted by atomic mass is 10.1. The molecule has 9 nitrogen and oxygen atoms in total. The molecule has 10 heteroatoms.